The van der Waals surface area contributed by atoms with Crippen molar-refractivity contribution in [2.45, 2.75) is 29.4 Å². The van der Waals surface area contributed by atoms with Crippen LogP contribution in [0.25, 0.3) is 0 Å². The van der Waals surface area contributed by atoms with Crippen molar-refractivity contribution in [1.82, 2.24) is 0 Å². The average molecular weight is 164 g/mol. The summed E-state index contributed by atoms with van der Waals surface area (Å²) < 4.78 is 0. The van der Waals surface area contributed by atoms with E-state index in [1.807, 2.05) is 11.8 Å². The molecule has 0 atom stereocenters. The van der Waals surface area contributed by atoms with Gasteiger partial charge in [0, 0.05) is 10.1 Å². The molecule has 0 bridgehead atoms. The smallest absolute Gasteiger partial charge is 0.00944 e. The lowest BCUT2D eigenvalue weighted by atomic mass is 10.0. The van der Waals surface area contributed by atoms with Crippen LogP contribution in [0.4, 0.5) is 0 Å². The summed E-state index contributed by atoms with van der Waals surface area (Å²) in [5, 5.41) is 0.914. The van der Waals surface area contributed by atoms with Gasteiger partial charge >= 0.3 is 0 Å². The van der Waals surface area contributed by atoms with Crippen molar-refractivity contribution in [3.8, 4) is 0 Å². The van der Waals surface area contributed by atoms with Crippen molar-refractivity contribution >= 4 is 11.8 Å². The molecular formula is C10H12S. The van der Waals surface area contributed by atoms with E-state index in [1.165, 1.54) is 24.2 Å². The molecule has 0 amide bonds. The molecule has 2 rings (SSSR count). The van der Waals surface area contributed by atoms with E-state index in [0.717, 1.165) is 5.25 Å². The molecule has 1 saturated carbocycles. The fourth-order valence-electron chi connectivity index (χ4n) is 1.18. The maximum atomic E-state index is 2.20. The monoisotopic (exact) mass is 164 g/mol. The van der Waals surface area contributed by atoms with Crippen LogP contribution in [-0.4, -0.2) is 5.25 Å². The first kappa shape index (κ1) is 7.23. The molecule has 1 aromatic carbocycles. The fraction of sp³-hybridized carbons (Fsp3) is 0.400. The Morgan fingerprint density at radius 1 is 1.09 bits per heavy atom. The molecule has 1 aliphatic carbocycles. The maximum absolute atomic E-state index is 2.20. The first-order valence-corrected chi connectivity index (χ1v) is 5.05. The Kier molecular flexibility index (Phi) is 2.18. The van der Waals surface area contributed by atoms with E-state index in [0.29, 0.717) is 0 Å². The topological polar surface area (TPSA) is 0 Å². The molecule has 0 N–H and O–H groups in total. The lowest BCUT2D eigenvalue weighted by molar-refractivity contribution is 0.522. The van der Waals surface area contributed by atoms with Gasteiger partial charge in [0.15, 0.2) is 0 Å². The van der Waals surface area contributed by atoms with E-state index in [-0.39, 0.29) is 0 Å². The molecule has 0 saturated heterocycles. The highest BCUT2D eigenvalue weighted by atomic mass is 32.2. The predicted octanol–water partition coefficient (Wildman–Crippen LogP) is 3.33. The number of benzene rings is 1. The minimum Gasteiger partial charge on any atom is -0.123 e. The summed E-state index contributed by atoms with van der Waals surface area (Å²) in [6, 6.07) is 10.7. The molecule has 0 aliphatic heterocycles. The quantitative estimate of drug-likeness (QED) is 0.646. The number of hydrogen-bond donors (Lipinski definition) is 0. The second kappa shape index (κ2) is 3.31. The molecule has 1 aromatic rings. The fourth-order valence-corrected chi connectivity index (χ4v) is 2.45. The van der Waals surface area contributed by atoms with Gasteiger partial charge in [-0.3, -0.25) is 0 Å². The van der Waals surface area contributed by atoms with Gasteiger partial charge in [0.1, 0.15) is 0 Å². The van der Waals surface area contributed by atoms with Crippen molar-refractivity contribution in [2.75, 3.05) is 0 Å². The summed E-state index contributed by atoms with van der Waals surface area (Å²) in [5.74, 6) is 0. The first-order valence-electron chi connectivity index (χ1n) is 4.17. The second-order valence-electron chi connectivity index (χ2n) is 2.98. The molecule has 58 valence electrons. The molecule has 1 heteroatoms. The van der Waals surface area contributed by atoms with Crippen LogP contribution in [0.3, 0.4) is 0 Å². The zero-order valence-corrected chi connectivity index (χ0v) is 7.31. The predicted molar refractivity (Wildman–Crippen MR) is 49.9 cm³/mol. The highest BCUT2D eigenvalue weighted by molar-refractivity contribution is 8.00. The Bertz CT molecular complexity index is 214. The molecule has 0 spiro atoms. The molecule has 0 heterocycles. The summed E-state index contributed by atoms with van der Waals surface area (Å²) in [5.41, 5.74) is 0. The minimum absolute atomic E-state index is 0.914. The molecule has 0 nitrogen and oxygen atoms in total. The van der Waals surface area contributed by atoms with Crippen LogP contribution >= 0.6 is 11.8 Å². The van der Waals surface area contributed by atoms with Crippen molar-refractivity contribution in [1.29, 1.82) is 0 Å². The van der Waals surface area contributed by atoms with Crippen LogP contribution < -0.4 is 0 Å². The van der Waals surface area contributed by atoms with Gasteiger partial charge in [-0.25, -0.2) is 0 Å². The summed E-state index contributed by atoms with van der Waals surface area (Å²) in [6.45, 7) is 0. The third-order valence-electron chi connectivity index (χ3n) is 2.10. The van der Waals surface area contributed by atoms with E-state index in [1.54, 1.807) is 0 Å². The molecule has 0 unspecified atom stereocenters. The first-order chi connectivity index (χ1) is 5.45. The second-order valence-corrected chi connectivity index (χ2v) is 4.36. The van der Waals surface area contributed by atoms with Gasteiger partial charge in [0.05, 0.1) is 0 Å². The third kappa shape index (κ3) is 1.78. The largest absolute Gasteiger partial charge is 0.123 e. The number of thioether (sulfide) groups is 1. The van der Waals surface area contributed by atoms with E-state index in [4.69, 9.17) is 0 Å². The zero-order chi connectivity index (χ0) is 7.52. The average Bonchev–Trinajstić information content (AvgIpc) is 1.99. The summed E-state index contributed by atoms with van der Waals surface area (Å²) in [7, 11) is 0. The number of hydrogen-bond acceptors (Lipinski definition) is 1. The van der Waals surface area contributed by atoms with Crippen molar-refractivity contribution < 1.29 is 0 Å². The van der Waals surface area contributed by atoms with Gasteiger partial charge in [-0.15, -0.1) is 11.8 Å². The number of rotatable bonds is 2. The maximum Gasteiger partial charge on any atom is 0.00944 e. The van der Waals surface area contributed by atoms with Crippen LogP contribution in [0, 0.1) is 0 Å². The zero-order valence-electron chi connectivity index (χ0n) is 6.49. The van der Waals surface area contributed by atoms with Crippen molar-refractivity contribution in [2.24, 2.45) is 0 Å². The highest BCUT2D eigenvalue weighted by Crippen LogP contribution is 2.35. The Labute approximate surface area is 72.0 Å². The minimum atomic E-state index is 0.914. The lowest BCUT2D eigenvalue weighted by Gasteiger charge is -2.24. The Balaban J connectivity index is 1.95. The van der Waals surface area contributed by atoms with E-state index in [2.05, 4.69) is 30.3 Å². The van der Waals surface area contributed by atoms with Gasteiger partial charge in [-0.1, -0.05) is 24.6 Å². The summed E-state index contributed by atoms with van der Waals surface area (Å²) in [4.78, 5) is 1.43. The summed E-state index contributed by atoms with van der Waals surface area (Å²) in [6.07, 6.45) is 4.27. The molecule has 1 fully saturated rings. The Hall–Kier alpha value is -0.430. The van der Waals surface area contributed by atoms with Crippen LogP contribution in [0.1, 0.15) is 19.3 Å². The van der Waals surface area contributed by atoms with E-state index >= 15 is 0 Å². The Morgan fingerprint density at radius 2 is 1.82 bits per heavy atom. The third-order valence-corrected chi connectivity index (χ3v) is 3.45. The van der Waals surface area contributed by atoms with E-state index in [9.17, 15) is 0 Å². The van der Waals surface area contributed by atoms with Crippen LogP contribution in [0.15, 0.2) is 35.2 Å². The Morgan fingerprint density at radius 3 is 2.36 bits per heavy atom. The molecule has 0 radical (unpaired) electrons. The van der Waals surface area contributed by atoms with Gasteiger partial charge in [0.2, 0.25) is 0 Å². The van der Waals surface area contributed by atoms with E-state index < -0.39 is 0 Å². The molecular weight excluding hydrogens is 152 g/mol. The highest BCUT2D eigenvalue weighted by Gasteiger charge is 2.17. The molecule has 0 aromatic heterocycles. The van der Waals surface area contributed by atoms with Crippen molar-refractivity contribution in [3.05, 3.63) is 30.3 Å². The lowest BCUT2D eigenvalue weighted by Crippen LogP contribution is -2.12. The van der Waals surface area contributed by atoms with Gasteiger partial charge in [-0.2, -0.15) is 0 Å². The van der Waals surface area contributed by atoms with Gasteiger partial charge in [-0.05, 0) is 25.0 Å². The van der Waals surface area contributed by atoms with Crippen LogP contribution in [0.2, 0.25) is 0 Å². The van der Waals surface area contributed by atoms with Crippen LogP contribution in [-0.2, 0) is 0 Å². The molecule has 1 aliphatic rings. The SMILES string of the molecule is c1ccc(SC2CCC2)cc1. The normalized spacial score (nSPS) is 17.8. The summed E-state index contributed by atoms with van der Waals surface area (Å²) >= 11 is 2.03. The van der Waals surface area contributed by atoms with Gasteiger partial charge in [0.25, 0.3) is 0 Å². The molecule has 11 heavy (non-hydrogen) atoms. The standard InChI is InChI=1S/C10H12S/c1-2-5-9(6-3-1)11-10-7-4-8-10/h1-3,5-6,10H,4,7-8H2. The van der Waals surface area contributed by atoms with Crippen LogP contribution in [0.5, 0.6) is 0 Å². The van der Waals surface area contributed by atoms with Crippen molar-refractivity contribution in [3.63, 3.8) is 0 Å². The van der Waals surface area contributed by atoms with Gasteiger partial charge < -0.3 is 0 Å².